The summed E-state index contributed by atoms with van der Waals surface area (Å²) in [6, 6.07) is 0.124. The standard InChI is InChI=1S/C17H25N5OS/c1-4-23-9-15-21-14-6-8-18-7-5-13(14)16(22-15)20-12(3)17-19-11(2)10-24-17/h10,12,18H,4-9H2,1-3H3,(H,20,21,22)/t12-/m1/s1. The van der Waals surface area contributed by atoms with Crippen molar-refractivity contribution in [2.75, 3.05) is 25.0 Å². The molecule has 1 aliphatic rings. The van der Waals surface area contributed by atoms with Crippen molar-refractivity contribution in [2.45, 2.75) is 46.3 Å². The van der Waals surface area contributed by atoms with Gasteiger partial charge in [-0.1, -0.05) is 0 Å². The minimum Gasteiger partial charge on any atom is -0.374 e. The lowest BCUT2D eigenvalue weighted by Gasteiger charge is -2.18. The third-order valence-corrected chi connectivity index (χ3v) is 5.17. The molecule has 0 radical (unpaired) electrons. The second kappa shape index (κ2) is 8.00. The van der Waals surface area contributed by atoms with Crippen LogP contribution in [0.5, 0.6) is 0 Å². The predicted molar refractivity (Wildman–Crippen MR) is 96.5 cm³/mol. The molecule has 0 unspecified atom stereocenters. The number of nitrogens with one attached hydrogen (secondary N) is 2. The van der Waals surface area contributed by atoms with E-state index < -0.39 is 0 Å². The zero-order valence-electron chi connectivity index (χ0n) is 14.6. The van der Waals surface area contributed by atoms with Crippen LogP contribution in [-0.2, 0) is 24.2 Å². The zero-order chi connectivity index (χ0) is 16.9. The van der Waals surface area contributed by atoms with Gasteiger partial charge in [-0.25, -0.2) is 15.0 Å². The van der Waals surface area contributed by atoms with E-state index in [9.17, 15) is 0 Å². The van der Waals surface area contributed by atoms with E-state index in [0.717, 1.165) is 54.0 Å². The Hall–Kier alpha value is -1.57. The van der Waals surface area contributed by atoms with Gasteiger partial charge < -0.3 is 15.4 Å². The summed E-state index contributed by atoms with van der Waals surface area (Å²) >= 11 is 1.68. The number of hydrogen-bond donors (Lipinski definition) is 2. The molecule has 3 rings (SSSR count). The first-order valence-electron chi connectivity index (χ1n) is 8.53. The first-order valence-corrected chi connectivity index (χ1v) is 9.41. The topological polar surface area (TPSA) is 72.0 Å². The number of thiazole rings is 1. The van der Waals surface area contributed by atoms with Crippen molar-refractivity contribution < 1.29 is 4.74 Å². The van der Waals surface area contributed by atoms with E-state index in [2.05, 4.69) is 27.9 Å². The van der Waals surface area contributed by atoms with Crippen LogP contribution in [0.1, 0.15) is 47.7 Å². The molecule has 0 saturated heterocycles. The van der Waals surface area contributed by atoms with Crippen molar-refractivity contribution in [2.24, 2.45) is 0 Å². The second-order valence-electron chi connectivity index (χ2n) is 5.99. The fraction of sp³-hybridized carbons (Fsp3) is 0.588. The summed E-state index contributed by atoms with van der Waals surface area (Å²) in [6.07, 6.45) is 1.87. The normalized spacial score (nSPS) is 15.6. The minimum atomic E-state index is 0.124. The highest BCUT2D eigenvalue weighted by atomic mass is 32.1. The number of hydrogen-bond acceptors (Lipinski definition) is 7. The third-order valence-electron chi connectivity index (χ3n) is 4.03. The number of nitrogens with zero attached hydrogens (tertiary/aromatic N) is 3. The Morgan fingerprint density at radius 2 is 2.12 bits per heavy atom. The van der Waals surface area contributed by atoms with Crippen LogP contribution in [0.3, 0.4) is 0 Å². The molecule has 0 bridgehead atoms. The molecule has 0 saturated carbocycles. The van der Waals surface area contributed by atoms with Crippen LogP contribution in [0.4, 0.5) is 5.82 Å². The summed E-state index contributed by atoms with van der Waals surface area (Å²) in [5, 5.41) is 10.2. The maximum atomic E-state index is 5.51. The molecule has 130 valence electrons. The summed E-state index contributed by atoms with van der Waals surface area (Å²) in [5.41, 5.74) is 3.42. The van der Waals surface area contributed by atoms with Crippen molar-refractivity contribution in [1.29, 1.82) is 0 Å². The molecule has 1 aliphatic heterocycles. The largest absolute Gasteiger partial charge is 0.374 e. The lowest BCUT2D eigenvalue weighted by Crippen LogP contribution is -2.16. The van der Waals surface area contributed by atoms with Crippen molar-refractivity contribution in [3.8, 4) is 0 Å². The molecule has 1 atom stereocenters. The third kappa shape index (κ3) is 4.09. The van der Waals surface area contributed by atoms with Gasteiger partial charge in [0.05, 0.1) is 11.7 Å². The fourth-order valence-electron chi connectivity index (χ4n) is 2.81. The Balaban J connectivity index is 1.88. The Kier molecular flexibility index (Phi) is 5.76. The molecular formula is C17H25N5OS. The van der Waals surface area contributed by atoms with E-state index in [-0.39, 0.29) is 6.04 Å². The molecule has 3 heterocycles. The number of fused-ring (bicyclic) bond motifs is 1. The van der Waals surface area contributed by atoms with Gasteiger partial charge in [-0.15, -0.1) is 11.3 Å². The lowest BCUT2D eigenvalue weighted by molar-refractivity contribution is 0.128. The molecular weight excluding hydrogens is 322 g/mol. The summed E-state index contributed by atoms with van der Waals surface area (Å²) in [5.74, 6) is 1.68. The Bertz CT molecular complexity index is 688. The molecule has 0 fully saturated rings. The van der Waals surface area contributed by atoms with Gasteiger partial charge in [-0.3, -0.25) is 0 Å². The fourth-order valence-corrected chi connectivity index (χ4v) is 3.62. The monoisotopic (exact) mass is 347 g/mol. The first kappa shape index (κ1) is 17.3. The van der Waals surface area contributed by atoms with Crippen LogP contribution in [-0.4, -0.2) is 34.6 Å². The molecule has 2 N–H and O–H groups in total. The van der Waals surface area contributed by atoms with Crippen LogP contribution < -0.4 is 10.6 Å². The highest BCUT2D eigenvalue weighted by Gasteiger charge is 2.19. The van der Waals surface area contributed by atoms with E-state index in [1.54, 1.807) is 11.3 Å². The van der Waals surface area contributed by atoms with E-state index in [4.69, 9.17) is 14.7 Å². The first-order chi connectivity index (χ1) is 11.7. The lowest BCUT2D eigenvalue weighted by atomic mass is 10.1. The molecule has 2 aromatic rings. The van der Waals surface area contributed by atoms with Gasteiger partial charge in [0.25, 0.3) is 0 Å². The molecule has 7 heteroatoms. The van der Waals surface area contributed by atoms with Crippen molar-refractivity contribution >= 4 is 17.2 Å². The van der Waals surface area contributed by atoms with Gasteiger partial charge in [-0.2, -0.15) is 0 Å². The molecule has 0 amide bonds. The van der Waals surface area contributed by atoms with Crippen LogP contribution >= 0.6 is 11.3 Å². The van der Waals surface area contributed by atoms with Gasteiger partial charge in [0.15, 0.2) is 5.82 Å². The van der Waals surface area contributed by atoms with E-state index in [1.807, 2.05) is 13.8 Å². The van der Waals surface area contributed by atoms with Gasteiger partial charge >= 0.3 is 0 Å². The summed E-state index contributed by atoms with van der Waals surface area (Å²) in [6.45, 7) is 9.17. The number of ether oxygens (including phenoxy) is 1. The average molecular weight is 347 g/mol. The van der Waals surface area contributed by atoms with Crippen LogP contribution in [0, 0.1) is 6.92 Å². The molecule has 2 aromatic heterocycles. The molecule has 24 heavy (non-hydrogen) atoms. The van der Waals surface area contributed by atoms with Gasteiger partial charge in [0.1, 0.15) is 17.4 Å². The van der Waals surface area contributed by atoms with E-state index in [0.29, 0.717) is 13.2 Å². The minimum absolute atomic E-state index is 0.124. The maximum Gasteiger partial charge on any atom is 0.156 e. The second-order valence-corrected chi connectivity index (χ2v) is 6.88. The van der Waals surface area contributed by atoms with Crippen LogP contribution in [0.25, 0.3) is 0 Å². The van der Waals surface area contributed by atoms with Gasteiger partial charge in [0.2, 0.25) is 0 Å². The number of aromatic nitrogens is 3. The van der Waals surface area contributed by atoms with E-state index in [1.165, 1.54) is 5.56 Å². The molecule has 0 aliphatic carbocycles. The maximum absolute atomic E-state index is 5.51. The Labute approximate surface area is 147 Å². The SMILES string of the molecule is CCOCc1nc2c(c(N[C@H](C)c3nc(C)cs3)n1)CCNCC2. The molecule has 0 aromatic carbocycles. The summed E-state index contributed by atoms with van der Waals surface area (Å²) in [7, 11) is 0. The van der Waals surface area contributed by atoms with Crippen molar-refractivity contribution in [3.63, 3.8) is 0 Å². The van der Waals surface area contributed by atoms with E-state index >= 15 is 0 Å². The highest BCUT2D eigenvalue weighted by Crippen LogP contribution is 2.26. The Morgan fingerprint density at radius 3 is 2.88 bits per heavy atom. The Morgan fingerprint density at radius 1 is 1.29 bits per heavy atom. The van der Waals surface area contributed by atoms with Crippen LogP contribution in [0.2, 0.25) is 0 Å². The quantitative estimate of drug-likeness (QED) is 0.837. The molecule has 6 nitrogen and oxygen atoms in total. The number of rotatable bonds is 6. The molecule has 0 spiro atoms. The number of anilines is 1. The van der Waals surface area contributed by atoms with Gasteiger partial charge in [-0.05, 0) is 33.7 Å². The predicted octanol–water partition coefficient (Wildman–Crippen LogP) is 2.64. The highest BCUT2D eigenvalue weighted by molar-refractivity contribution is 7.09. The summed E-state index contributed by atoms with van der Waals surface area (Å²) in [4.78, 5) is 14.1. The van der Waals surface area contributed by atoms with Crippen LogP contribution in [0.15, 0.2) is 5.38 Å². The average Bonchev–Trinajstić information content (AvgIpc) is 2.87. The zero-order valence-corrected chi connectivity index (χ0v) is 15.4. The number of aryl methyl sites for hydroxylation is 1. The van der Waals surface area contributed by atoms with Crippen molar-refractivity contribution in [3.05, 3.63) is 33.2 Å². The summed E-state index contributed by atoms with van der Waals surface area (Å²) < 4.78 is 5.51. The van der Waals surface area contributed by atoms with Gasteiger partial charge in [0, 0.05) is 36.2 Å². The smallest absolute Gasteiger partial charge is 0.156 e. The van der Waals surface area contributed by atoms with Crippen molar-refractivity contribution in [1.82, 2.24) is 20.3 Å².